The zero-order chi connectivity index (χ0) is 13.5. The molecule has 0 radical (unpaired) electrons. The van der Waals surface area contributed by atoms with Crippen LogP contribution in [0.3, 0.4) is 0 Å². The van der Waals surface area contributed by atoms with Crippen LogP contribution in [0.25, 0.3) is 0 Å². The minimum atomic E-state index is 0.0518. The van der Waals surface area contributed by atoms with E-state index in [-0.39, 0.29) is 6.04 Å². The predicted octanol–water partition coefficient (Wildman–Crippen LogP) is 3.15. The predicted molar refractivity (Wildman–Crippen MR) is 76.3 cm³/mol. The van der Waals surface area contributed by atoms with E-state index in [1.165, 1.54) is 12.8 Å². The van der Waals surface area contributed by atoms with Gasteiger partial charge in [0.15, 0.2) is 0 Å². The normalized spacial score (nSPS) is 23.4. The molecule has 0 saturated carbocycles. The molecule has 1 heterocycles. The fourth-order valence-electron chi connectivity index (χ4n) is 2.76. The van der Waals surface area contributed by atoms with Crippen LogP contribution in [0.5, 0.6) is 0 Å². The Bertz CT molecular complexity index is 255. The van der Waals surface area contributed by atoms with Crippen LogP contribution < -0.4 is 5.32 Å². The molecule has 0 spiro atoms. The van der Waals surface area contributed by atoms with Crippen molar-refractivity contribution in [1.29, 1.82) is 0 Å². The van der Waals surface area contributed by atoms with Gasteiger partial charge in [0.2, 0.25) is 5.91 Å². The van der Waals surface area contributed by atoms with E-state index in [0.29, 0.717) is 17.9 Å². The molecule has 0 aromatic carbocycles. The summed E-state index contributed by atoms with van der Waals surface area (Å²) in [5.74, 6) is 0.773. The van der Waals surface area contributed by atoms with Gasteiger partial charge in [-0.2, -0.15) is 0 Å². The molecule has 1 aliphatic rings. The molecular weight excluding hydrogens is 224 g/mol. The van der Waals surface area contributed by atoms with Crippen LogP contribution in [0, 0.1) is 5.92 Å². The molecule has 3 atom stereocenters. The van der Waals surface area contributed by atoms with Gasteiger partial charge in [-0.05, 0) is 18.8 Å². The number of nitrogens with zero attached hydrogens (tertiary/aromatic N) is 1. The lowest BCUT2D eigenvalue weighted by Gasteiger charge is -2.27. The Morgan fingerprint density at radius 2 is 2.00 bits per heavy atom. The molecule has 1 fully saturated rings. The Kier molecular flexibility index (Phi) is 6.69. The summed E-state index contributed by atoms with van der Waals surface area (Å²) in [7, 11) is 0. The first-order valence-electron chi connectivity index (χ1n) is 7.69. The first-order valence-corrected chi connectivity index (χ1v) is 7.69. The zero-order valence-electron chi connectivity index (χ0n) is 12.5. The summed E-state index contributed by atoms with van der Waals surface area (Å²) in [6.45, 7) is 9.50. The molecule has 1 N–H and O–H groups in total. The van der Waals surface area contributed by atoms with Gasteiger partial charge in [0, 0.05) is 6.04 Å². The summed E-state index contributed by atoms with van der Waals surface area (Å²) in [5.41, 5.74) is 0. The van der Waals surface area contributed by atoms with Gasteiger partial charge in [0.25, 0.3) is 0 Å². The highest BCUT2D eigenvalue weighted by molar-refractivity contribution is 5.84. The highest BCUT2D eigenvalue weighted by atomic mass is 16.2. The highest BCUT2D eigenvalue weighted by Gasteiger charge is 2.37. The maximum atomic E-state index is 12.4. The molecule has 3 nitrogen and oxygen atoms in total. The summed E-state index contributed by atoms with van der Waals surface area (Å²) in [6, 6.07) is 0.500. The van der Waals surface area contributed by atoms with Gasteiger partial charge >= 0.3 is 0 Å². The number of carbonyl (C=O) groups is 1. The van der Waals surface area contributed by atoms with Gasteiger partial charge < -0.3 is 4.90 Å². The van der Waals surface area contributed by atoms with Gasteiger partial charge in [0.05, 0.1) is 12.7 Å². The second-order valence-electron chi connectivity index (χ2n) is 5.62. The third-order valence-electron chi connectivity index (χ3n) is 4.20. The fourth-order valence-corrected chi connectivity index (χ4v) is 2.76. The molecule has 0 aromatic rings. The average molecular weight is 254 g/mol. The quantitative estimate of drug-likeness (QED) is 0.721. The Hall–Kier alpha value is -0.570. The van der Waals surface area contributed by atoms with Crippen molar-refractivity contribution in [1.82, 2.24) is 10.2 Å². The van der Waals surface area contributed by atoms with Crippen molar-refractivity contribution in [2.75, 3.05) is 6.67 Å². The molecule has 1 amide bonds. The van der Waals surface area contributed by atoms with Crippen molar-refractivity contribution in [2.24, 2.45) is 5.92 Å². The van der Waals surface area contributed by atoms with Gasteiger partial charge in [-0.3, -0.25) is 10.1 Å². The van der Waals surface area contributed by atoms with Crippen molar-refractivity contribution in [3.8, 4) is 0 Å². The van der Waals surface area contributed by atoms with Crippen LogP contribution in [0.15, 0.2) is 0 Å². The first kappa shape index (κ1) is 15.5. The van der Waals surface area contributed by atoms with Crippen molar-refractivity contribution in [3.63, 3.8) is 0 Å². The van der Waals surface area contributed by atoms with Crippen molar-refractivity contribution in [3.05, 3.63) is 0 Å². The zero-order valence-corrected chi connectivity index (χ0v) is 12.5. The number of amides is 1. The lowest BCUT2D eigenvalue weighted by Crippen LogP contribution is -2.40. The van der Waals surface area contributed by atoms with E-state index in [1.807, 2.05) is 0 Å². The van der Waals surface area contributed by atoms with E-state index < -0.39 is 0 Å². The Labute approximate surface area is 112 Å². The van der Waals surface area contributed by atoms with Gasteiger partial charge in [-0.1, -0.05) is 53.4 Å². The Balaban J connectivity index is 2.61. The van der Waals surface area contributed by atoms with Crippen molar-refractivity contribution in [2.45, 2.75) is 78.3 Å². The van der Waals surface area contributed by atoms with Crippen molar-refractivity contribution < 1.29 is 4.79 Å². The van der Waals surface area contributed by atoms with E-state index in [2.05, 4.69) is 37.9 Å². The third kappa shape index (κ3) is 3.71. The maximum Gasteiger partial charge on any atom is 0.241 e. The highest BCUT2D eigenvalue weighted by Crippen LogP contribution is 2.22. The lowest BCUT2D eigenvalue weighted by molar-refractivity contribution is -0.132. The number of hydrogen-bond acceptors (Lipinski definition) is 2. The van der Waals surface area contributed by atoms with E-state index in [1.54, 1.807) is 0 Å². The molecule has 0 aliphatic carbocycles. The van der Waals surface area contributed by atoms with E-state index >= 15 is 0 Å². The second kappa shape index (κ2) is 7.78. The monoisotopic (exact) mass is 254 g/mol. The molecule has 1 saturated heterocycles. The molecule has 1 rings (SSSR count). The Morgan fingerprint density at radius 3 is 2.56 bits per heavy atom. The standard InChI is InChI=1S/C15H30N2O/c1-5-8-10-13(9-6-2)17-11-16-14(15(17)18)12(4)7-3/h12-14,16H,5-11H2,1-4H3. The van der Waals surface area contributed by atoms with Gasteiger partial charge in [0.1, 0.15) is 0 Å². The smallest absolute Gasteiger partial charge is 0.241 e. The van der Waals surface area contributed by atoms with Crippen LogP contribution >= 0.6 is 0 Å². The van der Waals surface area contributed by atoms with Gasteiger partial charge in [-0.15, -0.1) is 0 Å². The molecule has 106 valence electrons. The fraction of sp³-hybridized carbons (Fsp3) is 0.933. The van der Waals surface area contributed by atoms with Crippen LogP contribution in [-0.4, -0.2) is 29.6 Å². The molecule has 0 bridgehead atoms. The van der Waals surface area contributed by atoms with Crippen LogP contribution in [0.4, 0.5) is 0 Å². The number of rotatable bonds is 8. The Morgan fingerprint density at radius 1 is 1.28 bits per heavy atom. The van der Waals surface area contributed by atoms with E-state index in [0.717, 1.165) is 32.4 Å². The molecule has 3 unspecified atom stereocenters. The van der Waals surface area contributed by atoms with Crippen LogP contribution in [0.1, 0.15) is 66.2 Å². The van der Waals surface area contributed by atoms with Gasteiger partial charge in [-0.25, -0.2) is 0 Å². The number of carbonyl (C=O) groups excluding carboxylic acids is 1. The van der Waals surface area contributed by atoms with Crippen LogP contribution in [0.2, 0.25) is 0 Å². The minimum absolute atomic E-state index is 0.0518. The summed E-state index contributed by atoms with van der Waals surface area (Å²) in [6.07, 6.45) is 6.95. The molecule has 18 heavy (non-hydrogen) atoms. The molecule has 1 aliphatic heterocycles. The second-order valence-corrected chi connectivity index (χ2v) is 5.62. The molecule has 3 heteroatoms. The topological polar surface area (TPSA) is 32.3 Å². The molecule has 0 aromatic heterocycles. The van der Waals surface area contributed by atoms with Crippen LogP contribution in [-0.2, 0) is 4.79 Å². The SMILES string of the molecule is CCCCC(CCC)N1CNC(C(C)CC)C1=O. The number of unbranched alkanes of at least 4 members (excludes halogenated alkanes) is 1. The first-order chi connectivity index (χ1) is 8.65. The van der Waals surface area contributed by atoms with E-state index in [4.69, 9.17) is 0 Å². The lowest BCUT2D eigenvalue weighted by atomic mass is 9.98. The third-order valence-corrected chi connectivity index (χ3v) is 4.20. The summed E-state index contributed by atoms with van der Waals surface area (Å²) >= 11 is 0. The molecular formula is C15H30N2O. The number of hydrogen-bond donors (Lipinski definition) is 1. The maximum absolute atomic E-state index is 12.4. The largest absolute Gasteiger partial charge is 0.326 e. The summed E-state index contributed by atoms with van der Waals surface area (Å²) < 4.78 is 0. The van der Waals surface area contributed by atoms with E-state index in [9.17, 15) is 4.79 Å². The average Bonchev–Trinajstić information content (AvgIpc) is 2.75. The number of nitrogens with one attached hydrogen (secondary N) is 1. The summed E-state index contributed by atoms with van der Waals surface area (Å²) in [5, 5.41) is 3.40. The summed E-state index contributed by atoms with van der Waals surface area (Å²) in [4.78, 5) is 14.5. The van der Waals surface area contributed by atoms with Crippen molar-refractivity contribution >= 4 is 5.91 Å². The minimum Gasteiger partial charge on any atom is -0.326 e.